The number of benzene rings is 1. The summed E-state index contributed by atoms with van der Waals surface area (Å²) in [5.74, 6) is 1.91. The minimum atomic E-state index is 0.299. The van der Waals surface area contributed by atoms with Crippen molar-refractivity contribution in [1.29, 1.82) is 0 Å². The fourth-order valence-corrected chi connectivity index (χ4v) is 2.42. The molecule has 0 saturated heterocycles. The molecule has 3 rings (SSSR count). The van der Waals surface area contributed by atoms with Crippen LogP contribution >= 0.6 is 23.2 Å². The van der Waals surface area contributed by atoms with Gasteiger partial charge >= 0.3 is 0 Å². The lowest BCUT2D eigenvalue weighted by molar-refractivity contribution is 0.406. The highest BCUT2D eigenvalue weighted by Gasteiger charge is 2.15. The molecule has 5 nitrogen and oxygen atoms in total. The van der Waals surface area contributed by atoms with E-state index in [4.69, 9.17) is 37.9 Å². The minimum absolute atomic E-state index is 0.299. The fraction of sp³-hybridized carbons (Fsp3) is 0.143. The van der Waals surface area contributed by atoms with Crippen molar-refractivity contribution in [3.8, 4) is 11.7 Å². The Morgan fingerprint density at radius 3 is 2.52 bits per heavy atom. The molecule has 0 unspecified atom stereocenters. The van der Waals surface area contributed by atoms with E-state index in [1.807, 2.05) is 0 Å². The van der Waals surface area contributed by atoms with Crippen LogP contribution in [0.3, 0.4) is 0 Å². The third kappa shape index (κ3) is 2.95. The van der Waals surface area contributed by atoms with E-state index in [2.05, 4.69) is 10.1 Å². The van der Waals surface area contributed by atoms with Crippen LogP contribution in [0.5, 0.6) is 0 Å². The van der Waals surface area contributed by atoms with Gasteiger partial charge < -0.3 is 14.7 Å². The van der Waals surface area contributed by atoms with Crippen LogP contribution in [0.25, 0.3) is 11.7 Å². The summed E-state index contributed by atoms with van der Waals surface area (Å²) in [5, 5.41) is 5.04. The molecule has 0 aliphatic carbocycles. The molecule has 0 radical (unpaired) electrons. The molecule has 0 saturated carbocycles. The average molecular weight is 324 g/mol. The number of hydrogen-bond donors (Lipinski definition) is 1. The van der Waals surface area contributed by atoms with Crippen molar-refractivity contribution in [3.63, 3.8) is 0 Å². The largest absolute Gasteiger partial charge is 0.455 e. The molecule has 1 aromatic carbocycles. The van der Waals surface area contributed by atoms with Crippen LogP contribution in [0, 0.1) is 0 Å². The Kier molecular flexibility index (Phi) is 3.96. The van der Waals surface area contributed by atoms with Gasteiger partial charge in [-0.05, 0) is 29.8 Å². The summed E-state index contributed by atoms with van der Waals surface area (Å²) in [6.07, 6.45) is 0.381. The Morgan fingerprint density at radius 2 is 1.86 bits per heavy atom. The molecule has 7 heteroatoms. The lowest BCUT2D eigenvalue weighted by Gasteiger charge is -2.02. The van der Waals surface area contributed by atoms with Crippen molar-refractivity contribution in [2.75, 3.05) is 0 Å². The van der Waals surface area contributed by atoms with E-state index < -0.39 is 0 Å². The van der Waals surface area contributed by atoms with Crippen LogP contribution in [0.2, 0.25) is 10.0 Å². The average Bonchev–Trinajstić information content (AvgIpc) is 3.11. The predicted octanol–water partition coefficient (Wildman–Crippen LogP) is 3.69. The standard InChI is InChI=1S/C14H11Cl2N3O2/c15-10-2-1-3-11(16)9(10)6-13-18-14(21-19-13)12-5-4-8(7-17)20-12/h1-5H,6-7,17H2. The molecule has 0 bridgehead atoms. The summed E-state index contributed by atoms with van der Waals surface area (Å²) >= 11 is 12.2. The number of furan rings is 1. The number of rotatable bonds is 4. The summed E-state index contributed by atoms with van der Waals surface area (Å²) in [7, 11) is 0. The molecule has 3 aromatic rings. The van der Waals surface area contributed by atoms with Crippen molar-refractivity contribution in [1.82, 2.24) is 10.1 Å². The van der Waals surface area contributed by atoms with Crippen molar-refractivity contribution >= 4 is 23.2 Å². The summed E-state index contributed by atoms with van der Waals surface area (Å²) in [4.78, 5) is 4.28. The molecule has 108 valence electrons. The lowest BCUT2D eigenvalue weighted by Crippen LogP contribution is -1.93. The fourth-order valence-electron chi connectivity index (χ4n) is 1.89. The van der Waals surface area contributed by atoms with Gasteiger partial charge in [0.05, 0.1) is 6.54 Å². The van der Waals surface area contributed by atoms with Crippen LogP contribution in [-0.4, -0.2) is 10.1 Å². The Labute approximate surface area is 130 Å². The van der Waals surface area contributed by atoms with Crippen LogP contribution in [-0.2, 0) is 13.0 Å². The van der Waals surface area contributed by atoms with E-state index in [0.29, 0.717) is 46.2 Å². The first-order chi connectivity index (χ1) is 10.2. The number of hydrogen-bond acceptors (Lipinski definition) is 5. The molecule has 0 atom stereocenters. The summed E-state index contributed by atoms with van der Waals surface area (Å²) in [6, 6.07) is 8.83. The van der Waals surface area contributed by atoms with Gasteiger partial charge in [0.1, 0.15) is 5.76 Å². The first kappa shape index (κ1) is 14.1. The van der Waals surface area contributed by atoms with E-state index in [1.54, 1.807) is 30.3 Å². The monoisotopic (exact) mass is 323 g/mol. The minimum Gasteiger partial charge on any atom is -0.455 e. The molecule has 2 aromatic heterocycles. The number of nitrogens with zero attached hydrogens (tertiary/aromatic N) is 2. The zero-order valence-electron chi connectivity index (χ0n) is 10.8. The van der Waals surface area contributed by atoms with E-state index in [1.165, 1.54) is 0 Å². The first-order valence-electron chi connectivity index (χ1n) is 6.22. The molecular weight excluding hydrogens is 313 g/mol. The summed E-state index contributed by atoms with van der Waals surface area (Å²) < 4.78 is 10.6. The zero-order valence-corrected chi connectivity index (χ0v) is 12.4. The van der Waals surface area contributed by atoms with E-state index in [9.17, 15) is 0 Å². The topological polar surface area (TPSA) is 78.1 Å². The highest BCUT2D eigenvalue weighted by molar-refractivity contribution is 6.36. The number of aromatic nitrogens is 2. The van der Waals surface area contributed by atoms with Gasteiger partial charge in [-0.2, -0.15) is 4.98 Å². The van der Waals surface area contributed by atoms with Gasteiger partial charge in [0.2, 0.25) is 0 Å². The highest BCUT2D eigenvalue weighted by Crippen LogP contribution is 2.27. The molecule has 0 amide bonds. The number of nitrogens with two attached hydrogens (primary N) is 1. The quantitative estimate of drug-likeness (QED) is 0.792. The van der Waals surface area contributed by atoms with Gasteiger partial charge in [-0.1, -0.05) is 34.4 Å². The smallest absolute Gasteiger partial charge is 0.293 e. The zero-order chi connectivity index (χ0) is 14.8. The third-order valence-electron chi connectivity index (χ3n) is 2.94. The predicted molar refractivity (Wildman–Crippen MR) is 79.2 cm³/mol. The second-order valence-corrected chi connectivity index (χ2v) is 5.18. The van der Waals surface area contributed by atoms with Gasteiger partial charge in [-0.3, -0.25) is 0 Å². The van der Waals surface area contributed by atoms with Crippen LogP contribution in [0.1, 0.15) is 17.1 Å². The second-order valence-electron chi connectivity index (χ2n) is 4.36. The van der Waals surface area contributed by atoms with E-state index in [0.717, 1.165) is 5.56 Å². The summed E-state index contributed by atoms with van der Waals surface area (Å²) in [5.41, 5.74) is 6.25. The summed E-state index contributed by atoms with van der Waals surface area (Å²) in [6.45, 7) is 0.316. The molecule has 0 aliphatic rings. The van der Waals surface area contributed by atoms with Crippen LogP contribution in [0.4, 0.5) is 0 Å². The van der Waals surface area contributed by atoms with Crippen molar-refractivity contribution < 1.29 is 8.94 Å². The molecule has 2 heterocycles. The van der Waals surface area contributed by atoms with Crippen molar-refractivity contribution in [2.24, 2.45) is 5.73 Å². The van der Waals surface area contributed by atoms with E-state index >= 15 is 0 Å². The van der Waals surface area contributed by atoms with Crippen molar-refractivity contribution in [2.45, 2.75) is 13.0 Å². The number of halogens is 2. The van der Waals surface area contributed by atoms with Gasteiger partial charge in [0.15, 0.2) is 11.6 Å². The molecule has 21 heavy (non-hydrogen) atoms. The van der Waals surface area contributed by atoms with Crippen LogP contribution < -0.4 is 5.73 Å². The molecular formula is C14H11Cl2N3O2. The second kappa shape index (κ2) is 5.89. The maximum Gasteiger partial charge on any atom is 0.293 e. The normalized spacial score (nSPS) is 11.0. The Hall–Kier alpha value is -1.82. The molecule has 0 spiro atoms. The third-order valence-corrected chi connectivity index (χ3v) is 3.65. The molecule has 0 fully saturated rings. The Bertz CT molecular complexity index is 747. The van der Waals surface area contributed by atoms with Gasteiger partial charge in [0.25, 0.3) is 5.89 Å². The van der Waals surface area contributed by atoms with Gasteiger partial charge in [-0.15, -0.1) is 0 Å². The highest BCUT2D eigenvalue weighted by atomic mass is 35.5. The maximum absolute atomic E-state index is 6.12. The Morgan fingerprint density at radius 1 is 1.10 bits per heavy atom. The van der Waals surface area contributed by atoms with Gasteiger partial charge in [0, 0.05) is 16.5 Å². The molecule has 2 N–H and O–H groups in total. The van der Waals surface area contributed by atoms with Crippen LogP contribution in [0.15, 0.2) is 39.3 Å². The van der Waals surface area contributed by atoms with Gasteiger partial charge in [-0.25, -0.2) is 0 Å². The maximum atomic E-state index is 6.12. The SMILES string of the molecule is NCc1ccc(-c2nc(Cc3c(Cl)cccc3Cl)no2)o1. The lowest BCUT2D eigenvalue weighted by atomic mass is 10.1. The Balaban J connectivity index is 1.85. The first-order valence-corrected chi connectivity index (χ1v) is 6.97. The molecule has 0 aliphatic heterocycles. The van der Waals surface area contributed by atoms with E-state index in [-0.39, 0.29) is 0 Å². The van der Waals surface area contributed by atoms with Crippen molar-refractivity contribution in [3.05, 3.63) is 57.5 Å².